The standard InChI is InChI=1S/C15H17N5O3/c1-10(21)17-11-3-4-13(23-2)12(9-11)18-15(22)20-8-7-19-6-5-16-14(19)20/h3-6,9H,7-8H2,1-2H3,(H,17,21)(H,18,22). The summed E-state index contributed by atoms with van der Waals surface area (Å²) in [6.07, 6.45) is 3.49. The van der Waals surface area contributed by atoms with E-state index in [-0.39, 0.29) is 11.9 Å². The van der Waals surface area contributed by atoms with Gasteiger partial charge < -0.3 is 19.9 Å². The fraction of sp³-hybridized carbons (Fsp3) is 0.267. The van der Waals surface area contributed by atoms with E-state index in [1.165, 1.54) is 14.0 Å². The summed E-state index contributed by atoms with van der Waals surface area (Å²) in [6, 6.07) is 4.75. The van der Waals surface area contributed by atoms with Gasteiger partial charge >= 0.3 is 6.03 Å². The maximum Gasteiger partial charge on any atom is 0.328 e. The molecule has 2 heterocycles. The van der Waals surface area contributed by atoms with Crippen LogP contribution in [0.4, 0.5) is 22.1 Å². The van der Waals surface area contributed by atoms with Crippen molar-refractivity contribution in [2.24, 2.45) is 0 Å². The third kappa shape index (κ3) is 2.96. The van der Waals surface area contributed by atoms with Gasteiger partial charge in [-0.1, -0.05) is 0 Å². The van der Waals surface area contributed by atoms with Gasteiger partial charge in [-0.2, -0.15) is 0 Å². The number of urea groups is 1. The first kappa shape index (κ1) is 14.9. The first-order valence-corrected chi connectivity index (χ1v) is 7.14. The Labute approximate surface area is 133 Å². The van der Waals surface area contributed by atoms with Crippen molar-refractivity contribution in [1.29, 1.82) is 0 Å². The predicted octanol–water partition coefficient (Wildman–Crippen LogP) is 1.90. The van der Waals surface area contributed by atoms with Gasteiger partial charge in [0.1, 0.15) is 5.75 Å². The van der Waals surface area contributed by atoms with Crippen LogP contribution in [0.25, 0.3) is 0 Å². The normalized spacial score (nSPS) is 12.7. The minimum absolute atomic E-state index is 0.186. The largest absolute Gasteiger partial charge is 0.495 e. The summed E-state index contributed by atoms with van der Waals surface area (Å²) in [5, 5.41) is 5.48. The monoisotopic (exact) mass is 315 g/mol. The molecule has 0 saturated heterocycles. The van der Waals surface area contributed by atoms with E-state index in [4.69, 9.17) is 4.74 Å². The smallest absolute Gasteiger partial charge is 0.328 e. The molecule has 0 spiro atoms. The second-order valence-electron chi connectivity index (χ2n) is 5.10. The lowest BCUT2D eigenvalue weighted by molar-refractivity contribution is -0.114. The van der Waals surface area contributed by atoms with Gasteiger partial charge in [0.25, 0.3) is 0 Å². The van der Waals surface area contributed by atoms with Gasteiger partial charge in [0.2, 0.25) is 11.9 Å². The summed E-state index contributed by atoms with van der Waals surface area (Å²) >= 11 is 0. The van der Waals surface area contributed by atoms with Crippen LogP contribution < -0.4 is 20.3 Å². The molecule has 0 atom stereocenters. The van der Waals surface area contributed by atoms with Gasteiger partial charge in [0.05, 0.1) is 12.8 Å². The number of amides is 3. The average molecular weight is 315 g/mol. The molecule has 1 aromatic carbocycles. The Bertz CT molecular complexity index is 755. The lowest BCUT2D eigenvalue weighted by Gasteiger charge is -2.17. The Hall–Kier alpha value is -3.03. The molecule has 0 unspecified atom stereocenters. The van der Waals surface area contributed by atoms with Gasteiger partial charge in [0.15, 0.2) is 0 Å². The summed E-state index contributed by atoms with van der Waals surface area (Å²) in [5.41, 5.74) is 1.06. The van der Waals surface area contributed by atoms with Crippen LogP contribution >= 0.6 is 0 Å². The number of imidazole rings is 1. The zero-order chi connectivity index (χ0) is 16.4. The van der Waals surface area contributed by atoms with Crippen molar-refractivity contribution in [2.75, 3.05) is 29.2 Å². The van der Waals surface area contributed by atoms with E-state index in [9.17, 15) is 9.59 Å². The molecule has 0 aliphatic carbocycles. The lowest BCUT2D eigenvalue weighted by atomic mass is 10.2. The molecule has 0 fully saturated rings. The van der Waals surface area contributed by atoms with Gasteiger partial charge in [0, 0.05) is 38.1 Å². The highest BCUT2D eigenvalue weighted by Gasteiger charge is 2.26. The van der Waals surface area contributed by atoms with Crippen LogP contribution in [0.1, 0.15) is 6.92 Å². The number of hydrogen-bond acceptors (Lipinski definition) is 4. The van der Waals surface area contributed by atoms with Gasteiger partial charge in [-0.15, -0.1) is 0 Å². The van der Waals surface area contributed by atoms with Crippen molar-refractivity contribution in [3.05, 3.63) is 30.6 Å². The van der Waals surface area contributed by atoms with E-state index in [0.717, 1.165) is 0 Å². The molecule has 0 saturated carbocycles. The van der Waals surface area contributed by atoms with Gasteiger partial charge in [-0.3, -0.25) is 9.69 Å². The van der Waals surface area contributed by atoms with Crippen molar-refractivity contribution in [1.82, 2.24) is 9.55 Å². The molecule has 2 aromatic rings. The zero-order valence-corrected chi connectivity index (χ0v) is 12.9. The van der Waals surface area contributed by atoms with Gasteiger partial charge in [-0.05, 0) is 18.2 Å². The first-order chi connectivity index (χ1) is 11.1. The Balaban J connectivity index is 1.81. The van der Waals surface area contributed by atoms with Crippen molar-refractivity contribution in [3.63, 3.8) is 0 Å². The Morgan fingerprint density at radius 3 is 2.83 bits per heavy atom. The number of nitrogens with zero attached hydrogens (tertiary/aromatic N) is 3. The summed E-state index contributed by atoms with van der Waals surface area (Å²) in [6.45, 7) is 2.70. The molecular weight excluding hydrogens is 298 g/mol. The topological polar surface area (TPSA) is 88.5 Å². The highest BCUT2D eigenvalue weighted by molar-refractivity contribution is 6.02. The van der Waals surface area contributed by atoms with Crippen molar-refractivity contribution in [3.8, 4) is 5.75 Å². The third-order valence-electron chi connectivity index (χ3n) is 3.51. The minimum atomic E-state index is -0.298. The second-order valence-corrected chi connectivity index (χ2v) is 5.10. The summed E-state index contributed by atoms with van der Waals surface area (Å²) in [4.78, 5) is 29.4. The number of benzene rings is 1. The van der Waals surface area contributed by atoms with Crippen LogP contribution in [-0.4, -0.2) is 35.1 Å². The molecule has 3 amide bonds. The van der Waals surface area contributed by atoms with Gasteiger partial charge in [-0.25, -0.2) is 9.78 Å². The molecular formula is C15H17N5O3. The molecule has 0 radical (unpaired) electrons. The molecule has 120 valence electrons. The van der Waals surface area contributed by atoms with Crippen LogP contribution in [0, 0.1) is 0 Å². The third-order valence-corrected chi connectivity index (χ3v) is 3.51. The van der Waals surface area contributed by atoms with Crippen LogP contribution in [0.2, 0.25) is 0 Å². The highest BCUT2D eigenvalue weighted by atomic mass is 16.5. The number of nitrogens with one attached hydrogen (secondary N) is 2. The number of rotatable bonds is 3. The van der Waals surface area contributed by atoms with E-state index in [0.29, 0.717) is 36.2 Å². The highest BCUT2D eigenvalue weighted by Crippen LogP contribution is 2.29. The van der Waals surface area contributed by atoms with Crippen LogP contribution in [0.5, 0.6) is 5.75 Å². The van der Waals surface area contributed by atoms with E-state index in [2.05, 4.69) is 15.6 Å². The average Bonchev–Trinajstić information content (AvgIpc) is 3.09. The van der Waals surface area contributed by atoms with E-state index < -0.39 is 0 Å². The molecule has 1 aromatic heterocycles. The van der Waals surface area contributed by atoms with Crippen molar-refractivity contribution < 1.29 is 14.3 Å². The van der Waals surface area contributed by atoms with E-state index in [1.807, 2.05) is 10.8 Å². The molecule has 1 aliphatic heterocycles. The Morgan fingerprint density at radius 1 is 1.26 bits per heavy atom. The van der Waals surface area contributed by atoms with E-state index >= 15 is 0 Å². The molecule has 8 nitrogen and oxygen atoms in total. The van der Waals surface area contributed by atoms with Crippen LogP contribution in [-0.2, 0) is 11.3 Å². The molecule has 23 heavy (non-hydrogen) atoms. The number of aromatic nitrogens is 2. The van der Waals surface area contributed by atoms with Crippen LogP contribution in [0.15, 0.2) is 30.6 Å². The number of hydrogen-bond donors (Lipinski definition) is 2. The quantitative estimate of drug-likeness (QED) is 0.905. The summed E-state index contributed by atoms with van der Waals surface area (Å²) in [5.74, 6) is 0.934. The number of fused-ring (bicyclic) bond motifs is 1. The molecule has 8 heteroatoms. The fourth-order valence-electron chi connectivity index (χ4n) is 2.49. The number of anilines is 3. The van der Waals surface area contributed by atoms with E-state index in [1.54, 1.807) is 29.3 Å². The minimum Gasteiger partial charge on any atom is -0.495 e. The number of carbonyl (C=O) groups is 2. The molecule has 2 N–H and O–H groups in total. The Kier molecular flexibility index (Phi) is 3.88. The SMILES string of the molecule is COc1ccc(NC(C)=O)cc1NC(=O)N1CCn2ccnc21. The fourth-order valence-corrected chi connectivity index (χ4v) is 2.49. The van der Waals surface area contributed by atoms with Crippen molar-refractivity contribution >= 4 is 29.3 Å². The maximum absolute atomic E-state index is 12.5. The number of methoxy groups -OCH3 is 1. The predicted molar refractivity (Wildman–Crippen MR) is 85.9 cm³/mol. The molecule has 1 aliphatic rings. The summed E-state index contributed by atoms with van der Waals surface area (Å²) < 4.78 is 7.16. The Morgan fingerprint density at radius 2 is 2.09 bits per heavy atom. The summed E-state index contributed by atoms with van der Waals surface area (Å²) in [7, 11) is 1.52. The van der Waals surface area contributed by atoms with Crippen LogP contribution in [0.3, 0.4) is 0 Å². The second kappa shape index (κ2) is 5.99. The molecule has 3 rings (SSSR count). The number of carbonyl (C=O) groups excluding carboxylic acids is 2. The number of ether oxygens (including phenoxy) is 1. The first-order valence-electron chi connectivity index (χ1n) is 7.14. The maximum atomic E-state index is 12.5. The lowest BCUT2D eigenvalue weighted by Crippen LogP contribution is -2.33. The zero-order valence-electron chi connectivity index (χ0n) is 12.9. The van der Waals surface area contributed by atoms with Crippen molar-refractivity contribution in [2.45, 2.75) is 13.5 Å². The molecule has 0 bridgehead atoms.